The third-order valence-electron chi connectivity index (χ3n) is 4.68. The van der Waals surface area contributed by atoms with Crippen LogP contribution < -0.4 is 0 Å². The van der Waals surface area contributed by atoms with E-state index in [0.717, 1.165) is 39.0 Å². The molecule has 2 rings (SSSR count). The minimum absolute atomic E-state index is 0.0666. The van der Waals surface area contributed by atoms with Gasteiger partial charge in [0.1, 0.15) is 5.78 Å². The molecule has 2 aliphatic rings. The molecule has 2 unspecified atom stereocenters. The number of Topliss-reactive ketones (excluding diaryl/α,β-unsaturated/α-hetero) is 1. The van der Waals surface area contributed by atoms with Crippen molar-refractivity contribution in [2.45, 2.75) is 39.7 Å². The molecule has 0 radical (unpaired) electrons. The monoisotopic (exact) mass is 238 g/mol. The number of likely N-dealkylation sites (N-methyl/N-ethyl adjacent to an activating group) is 1. The first-order valence-corrected chi connectivity index (χ1v) is 6.87. The zero-order valence-electron chi connectivity index (χ0n) is 11.7. The average Bonchev–Trinajstić information content (AvgIpc) is 2.51. The molecule has 17 heavy (non-hydrogen) atoms. The molecule has 0 aromatic heterocycles. The Morgan fingerprint density at radius 1 is 1.35 bits per heavy atom. The Kier molecular flexibility index (Phi) is 3.60. The van der Waals surface area contributed by atoms with Crippen molar-refractivity contribution in [1.29, 1.82) is 0 Å². The molecule has 3 nitrogen and oxygen atoms in total. The molecule has 3 heteroatoms. The molecule has 0 N–H and O–H groups in total. The van der Waals surface area contributed by atoms with E-state index in [2.05, 4.69) is 37.6 Å². The second-order valence-electron chi connectivity index (χ2n) is 6.57. The highest BCUT2D eigenvalue weighted by Crippen LogP contribution is 2.37. The van der Waals surface area contributed by atoms with Crippen molar-refractivity contribution >= 4 is 5.78 Å². The zero-order valence-corrected chi connectivity index (χ0v) is 11.7. The van der Waals surface area contributed by atoms with Crippen LogP contribution in [0.25, 0.3) is 0 Å². The van der Waals surface area contributed by atoms with Gasteiger partial charge in [0.05, 0.1) is 0 Å². The molecule has 2 fully saturated rings. The highest BCUT2D eigenvalue weighted by molar-refractivity contribution is 5.88. The van der Waals surface area contributed by atoms with Gasteiger partial charge in [-0.1, -0.05) is 13.8 Å². The Balaban J connectivity index is 1.88. The van der Waals surface area contributed by atoms with E-state index < -0.39 is 0 Å². The number of ketones is 1. The van der Waals surface area contributed by atoms with Crippen molar-refractivity contribution < 1.29 is 4.79 Å². The molecule has 1 saturated carbocycles. The summed E-state index contributed by atoms with van der Waals surface area (Å²) in [5.74, 6) is 0.782. The van der Waals surface area contributed by atoms with Crippen LogP contribution in [0.4, 0.5) is 0 Å². The average molecular weight is 238 g/mol. The van der Waals surface area contributed by atoms with Crippen molar-refractivity contribution in [1.82, 2.24) is 9.80 Å². The predicted molar refractivity (Wildman–Crippen MR) is 70.0 cm³/mol. The lowest BCUT2D eigenvalue weighted by atomic mass is 9.89. The highest BCUT2D eigenvalue weighted by atomic mass is 16.1. The van der Waals surface area contributed by atoms with Crippen molar-refractivity contribution in [2.24, 2.45) is 11.3 Å². The molecule has 0 amide bonds. The molecule has 0 aromatic carbocycles. The molecule has 1 heterocycles. The standard InChI is InChI=1S/C14H26N2O/c1-11-9-16(8-7-15(11)4)10-12-5-6-14(2,3)13(12)17/h11-12H,5-10H2,1-4H3. The Bertz CT molecular complexity index is 301. The van der Waals surface area contributed by atoms with Crippen LogP contribution in [-0.2, 0) is 4.79 Å². The van der Waals surface area contributed by atoms with E-state index in [0.29, 0.717) is 17.7 Å². The minimum Gasteiger partial charge on any atom is -0.301 e. The Hall–Kier alpha value is -0.410. The summed E-state index contributed by atoms with van der Waals surface area (Å²) in [5.41, 5.74) is -0.0666. The normalized spacial score (nSPS) is 35.4. The SMILES string of the molecule is CC1CN(CC2CCC(C)(C)C2=O)CCN1C. The maximum atomic E-state index is 12.2. The van der Waals surface area contributed by atoms with E-state index in [9.17, 15) is 4.79 Å². The summed E-state index contributed by atoms with van der Waals surface area (Å²) in [6.07, 6.45) is 2.16. The molecule has 98 valence electrons. The number of nitrogens with zero attached hydrogens (tertiary/aromatic N) is 2. The van der Waals surface area contributed by atoms with Crippen LogP contribution in [-0.4, -0.2) is 54.9 Å². The number of rotatable bonds is 2. The van der Waals surface area contributed by atoms with Crippen molar-refractivity contribution in [2.75, 3.05) is 33.2 Å². The topological polar surface area (TPSA) is 23.6 Å². The van der Waals surface area contributed by atoms with Crippen molar-refractivity contribution in [3.63, 3.8) is 0 Å². The lowest BCUT2D eigenvalue weighted by molar-refractivity contribution is -0.128. The Morgan fingerprint density at radius 3 is 2.59 bits per heavy atom. The first kappa shape index (κ1) is 13.0. The lowest BCUT2D eigenvalue weighted by Crippen LogP contribution is -2.51. The number of hydrogen-bond donors (Lipinski definition) is 0. The Labute approximate surface area is 105 Å². The van der Waals surface area contributed by atoms with Gasteiger partial charge < -0.3 is 4.90 Å². The van der Waals surface area contributed by atoms with Crippen LogP contribution in [0.3, 0.4) is 0 Å². The van der Waals surface area contributed by atoms with Gasteiger partial charge in [-0.3, -0.25) is 9.69 Å². The third kappa shape index (κ3) is 2.71. The Morgan fingerprint density at radius 2 is 2.06 bits per heavy atom. The molecule has 0 bridgehead atoms. The molecular weight excluding hydrogens is 212 g/mol. The van der Waals surface area contributed by atoms with E-state index in [1.165, 1.54) is 0 Å². The lowest BCUT2D eigenvalue weighted by Gasteiger charge is -2.38. The van der Waals surface area contributed by atoms with Crippen molar-refractivity contribution in [3.8, 4) is 0 Å². The molecule has 0 aromatic rings. The number of carbonyl (C=O) groups is 1. The van der Waals surface area contributed by atoms with Gasteiger partial charge in [0.25, 0.3) is 0 Å². The van der Waals surface area contributed by atoms with Gasteiger partial charge in [-0.2, -0.15) is 0 Å². The van der Waals surface area contributed by atoms with Crippen LogP contribution in [0.2, 0.25) is 0 Å². The minimum atomic E-state index is -0.0666. The van der Waals surface area contributed by atoms with E-state index in [4.69, 9.17) is 0 Å². The van der Waals surface area contributed by atoms with E-state index >= 15 is 0 Å². The first-order chi connectivity index (χ1) is 7.90. The summed E-state index contributed by atoms with van der Waals surface area (Å²) < 4.78 is 0. The van der Waals surface area contributed by atoms with Gasteiger partial charge in [-0.25, -0.2) is 0 Å². The summed E-state index contributed by atoms with van der Waals surface area (Å²) in [4.78, 5) is 17.1. The third-order valence-corrected chi connectivity index (χ3v) is 4.68. The second kappa shape index (κ2) is 4.69. The fraction of sp³-hybridized carbons (Fsp3) is 0.929. The smallest absolute Gasteiger partial charge is 0.142 e. The van der Waals surface area contributed by atoms with Gasteiger partial charge in [-0.15, -0.1) is 0 Å². The van der Waals surface area contributed by atoms with Gasteiger partial charge in [-0.05, 0) is 26.8 Å². The highest BCUT2D eigenvalue weighted by Gasteiger charge is 2.41. The second-order valence-corrected chi connectivity index (χ2v) is 6.57. The maximum absolute atomic E-state index is 12.2. The molecule has 1 saturated heterocycles. The van der Waals surface area contributed by atoms with Gasteiger partial charge in [0.15, 0.2) is 0 Å². The van der Waals surface area contributed by atoms with Crippen LogP contribution in [0.15, 0.2) is 0 Å². The van der Waals surface area contributed by atoms with Crippen molar-refractivity contribution in [3.05, 3.63) is 0 Å². The van der Waals surface area contributed by atoms with Crippen LogP contribution in [0, 0.1) is 11.3 Å². The molecule has 0 spiro atoms. The van der Waals surface area contributed by atoms with Crippen LogP contribution in [0.5, 0.6) is 0 Å². The fourth-order valence-electron chi connectivity index (χ4n) is 3.12. The summed E-state index contributed by atoms with van der Waals surface area (Å²) in [6.45, 7) is 10.8. The predicted octanol–water partition coefficient (Wildman–Crippen LogP) is 1.63. The zero-order chi connectivity index (χ0) is 12.6. The van der Waals surface area contributed by atoms with E-state index in [1.54, 1.807) is 0 Å². The molecule has 1 aliphatic heterocycles. The summed E-state index contributed by atoms with van der Waals surface area (Å²) in [7, 11) is 2.19. The summed E-state index contributed by atoms with van der Waals surface area (Å²) in [5, 5.41) is 0. The van der Waals surface area contributed by atoms with Crippen LogP contribution >= 0.6 is 0 Å². The van der Waals surface area contributed by atoms with E-state index in [-0.39, 0.29) is 5.41 Å². The summed E-state index contributed by atoms with van der Waals surface area (Å²) >= 11 is 0. The quantitative estimate of drug-likeness (QED) is 0.730. The first-order valence-electron chi connectivity index (χ1n) is 6.87. The van der Waals surface area contributed by atoms with E-state index in [1.807, 2.05) is 0 Å². The van der Waals surface area contributed by atoms with Gasteiger partial charge >= 0.3 is 0 Å². The van der Waals surface area contributed by atoms with Gasteiger partial charge in [0, 0.05) is 43.6 Å². The van der Waals surface area contributed by atoms with Gasteiger partial charge in [0.2, 0.25) is 0 Å². The van der Waals surface area contributed by atoms with Crippen LogP contribution in [0.1, 0.15) is 33.6 Å². The fourth-order valence-corrected chi connectivity index (χ4v) is 3.12. The number of hydrogen-bond acceptors (Lipinski definition) is 3. The number of carbonyl (C=O) groups excluding carboxylic acids is 1. The molecular formula is C14H26N2O. The summed E-state index contributed by atoms with van der Waals surface area (Å²) in [6, 6.07) is 0.619. The maximum Gasteiger partial charge on any atom is 0.142 e. The molecule has 2 atom stereocenters. The number of piperazine rings is 1. The molecule has 1 aliphatic carbocycles. The largest absolute Gasteiger partial charge is 0.301 e.